The Balaban J connectivity index is 1.69. The van der Waals surface area contributed by atoms with Crippen molar-refractivity contribution in [2.45, 2.75) is 23.2 Å². The molecule has 23 heavy (non-hydrogen) atoms. The van der Waals surface area contributed by atoms with Gasteiger partial charge in [-0.15, -0.1) is 10.2 Å². The number of hydrogen-bond acceptors (Lipinski definition) is 6. The number of anilines is 1. The molecular weight excluding hydrogens is 328 g/mol. The standard InChI is InChI=1S/C16H20N4OS2/c1-19(2)13-6-3-5-12(9-13)14-7-4-8-20(14)15(21)10-22-16-18-17-11-23-16/h3,5-6,9,11,14H,4,7-8,10H2,1-2H3/t14-/m1/s1. The van der Waals surface area contributed by atoms with Crippen LogP contribution in [0.25, 0.3) is 0 Å². The van der Waals surface area contributed by atoms with E-state index in [0.29, 0.717) is 5.75 Å². The predicted molar refractivity (Wildman–Crippen MR) is 95.1 cm³/mol. The minimum Gasteiger partial charge on any atom is -0.378 e. The van der Waals surface area contributed by atoms with Crippen molar-refractivity contribution in [1.82, 2.24) is 15.1 Å². The molecule has 1 aliphatic rings. The Labute approximate surface area is 144 Å². The van der Waals surface area contributed by atoms with Crippen molar-refractivity contribution in [2.75, 3.05) is 31.3 Å². The molecule has 122 valence electrons. The summed E-state index contributed by atoms with van der Waals surface area (Å²) >= 11 is 2.95. The van der Waals surface area contributed by atoms with Gasteiger partial charge in [0.2, 0.25) is 5.91 Å². The monoisotopic (exact) mass is 348 g/mol. The molecule has 5 nitrogen and oxygen atoms in total. The highest BCUT2D eigenvalue weighted by atomic mass is 32.2. The van der Waals surface area contributed by atoms with Gasteiger partial charge in [0.25, 0.3) is 0 Å². The Bertz CT molecular complexity index is 660. The number of hydrogen-bond donors (Lipinski definition) is 0. The van der Waals surface area contributed by atoms with E-state index in [1.165, 1.54) is 34.3 Å². The molecule has 1 atom stereocenters. The molecule has 1 fully saturated rings. The zero-order valence-electron chi connectivity index (χ0n) is 13.3. The summed E-state index contributed by atoms with van der Waals surface area (Å²) in [5.74, 6) is 0.613. The van der Waals surface area contributed by atoms with Gasteiger partial charge in [0.15, 0.2) is 4.34 Å². The minimum absolute atomic E-state index is 0.183. The van der Waals surface area contributed by atoms with Gasteiger partial charge in [0, 0.05) is 26.3 Å². The Morgan fingerprint density at radius 3 is 3.09 bits per heavy atom. The van der Waals surface area contributed by atoms with E-state index < -0.39 is 0 Å². The molecular formula is C16H20N4OS2. The average molecular weight is 348 g/mol. The van der Waals surface area contributed by atoms with Gasteiger partial charge in [0.05, 0.1) is 11.8 Å². The average Bonchev–Trinajstić information content (AvgIpc) is 3.24. The van der Waals surface area contributed by atoms with Crippen LogP contribution in [-0.2, 0) is 4.79 Å². The Morgan fingerprint density at radius 1 is 1.48 bits per heavy atom. The summed E-state index contributed by atoms with van der Waals surface area (Å²) < 4.78 is 0.851. The number of amides is 1. The van der Waals surface area contributed by atoms with Crippen molar-refractivity contribution in [3.05, 3.63) is 35.3 Å². The van der Waals surface area contributed by atoms with Crippen LogP contribution in [0.4, 0.5) is 5.69 Å². The van der Waals surface area contributed by atoms with Gasteiger partial charge in [-0.1, -0.05) is 35.2 Å². The lowest BCUT2D eigenvalue weighted by atomic mass is 10.0. The van der Waals surface area contributed by atoms with Crippen LogP contribution in [0.1, 0.15) is 24.4 Å². The zero-order valence-corrected chi connectivity index (χ0v) is 14.9. The quantitative estimate of drug-likeness (QED) is 0.777. The first kappa shape index (κ1) is 16.3. The first-order chi connectivity index (χ1) is 11.1. The molecule has 0 N–H and O–H groups in total. The molecule has 3 rings (SSSR count). The predicted octanol–water partition coefficient (Wildman–Crippen LogP) is 3.06. The van der Waals surface area contributed by atoms with E-state index in [0.717, 1.165) is 23.7 Å². The number of aromatic nitrogens is 2. The summed E-state index contributed by atoms with van der Waals surface area (Å²) in [6.07, 6.45) is 2.10. The molecule has 0 spiro atoms. The van der Waals surface area contributed by atoms with Gasteiger partial charge in [-0.3, -0.25) is 4.79 Å². The maximum atomic E-state index is 12.6. The fourth-order valence-electron chi connectivity index (χ4n) is 2.85. The van der Waals surface area contributed by atoms with Gasteiger partial charge < -0.3 is 9.80 Å². The van der Waals surface area contributed by atoms with Gasteiger partial charge in [0.1, 0.15) is 5.51 Å². The van der Waals surface area contributed by atoms with Crippen LogP contribution in [0.5, 0.6) is 0 Å². The van der Waals surface area contributed by atoms with Gasteiger partial charge in [-0.05, 0) is 30.5 Å². The molecule has 2 heterocycles. The maximum absolute atomic E-state index is 12.6. The van der Waals surface area contributed by atoms with Crippen molar-refractivity contribution < 1.29 is 4.79 Å². The van der Waals surface area contributed by atoms with Gasteiger partial charge >= 0.3 is 0 Å². The van der Waals surface area contributed by atoms with E-state index in [4.69, 9.17) is 0 Å². The molecule has 0 aliphatic carbocycles. The normalized spacial score (nSPS) is 17.5. The molecule has 1 aromatic heterocycles. The summed E-state index contributed by atoms with van der Waals surface area (Å²) in [5, 5.41) is 7.78. The SMILES string of the molecule is CN(C)c1cccc([C@H]2CCCN2C(=O)CSc2nncs2)c1. The summed E-state index contributed by atoms with van der Waals surface area (Å²) in [6, 6.07) is 8.67. The van der Waals surface area contributed by atoms with Crippen molar-refractivity contribution in [3.8, 4) is 0 Å². The molecule has 1 amide bonds. The molecule has 0 radical (unpaired) electrons. The fourth-order valence-corrected chi connectivity index (χ4v) is 4.23. The van der Waals surface area contributed by atoms with Crippen LogP contribution in [0.2, 0.25) is 0 Å². The summed E-state index contributed by atoms with van der Waals surface area (Å²) in [5.41, 5.74) is 4.09. The lowest BCUT2D eigenvalue weighted by Crippen LogP contribution is -2.32. The summed E-state index contributed by atoms with van der Waals surface area (Å²) in [4.78, 5) is 16.7. The van der Waals surface area contributed by atoms with Crippen LogP contribution >= 0.6 is 23.1 Å². The second kappa shape index (κ2) is 7.31. The van der Waals surface area contributed by atoms with Crippen LogP contribution in [-0.4, -0.2) is 47.4 Å². The zero-order chi connectivity index (χ0) is 16.2. The van der Waals surface area contributed by atoms with Crippen LogP contribution in [0.15, 0.2) is 34.1 Å². The Morgan fingerprint density at radius 2 is 2.35 bits per heavy atom. The van der Waals surface area contributed by atoms with Crippen LogP contribution < -0.4 is 4.90 Å². The number of rotatable bonds is 5. The maximum Gasteiger partial charge on any atom is 0.233 e. The molecule has 0 saturated carbocycles. The van der Waals surface area contributed by atoms with E-state index in [9.17, 15) is 4.79 Å². The van der Waals surface area contributed by atoms with Crippen LogP contribution in [0, 0.1) is 0 Å². The minimum atomic E-state index is 0.183. The lowest BCUT2D eigenvalue weighted by molar-refractivity contribution is -0.129. The van der Waals surface area contributed by atoms with E-state index in [2.05, 4.69) is 39.4 Å². The largest absolute Gasteiger partial charge is 0.378 e. The van der Waals surface area contributed by atoms with E-state index in [1.807, 2.05) is 19.0 Å². The molecule has 1 aromatic carbocycles. The van der Waals surface area contributed by atoms with E-state index in [1.54, 1.807) is 5.51 Å². The topological polar surface area (TPSA) is 49.3 Å². The first-order valence-corrected chi connectivity index (χ1v) is 9.47. The summed E-state index contributed by atoms with van der Waals surface area (Å²) in [6.45, 7) is 0.840. The molecule has 7 heteroatoms. The van der Waals surface area contributed by atoms with E-state index in [-0.39, 0.29) is 11.9 Å². The number of thioether (sulfide) groups is 1. The third-order valence-electron chi connectivity index (χ3n) is 4.00. The molecule has 1 saturated heterocycles. The van der Waals surface area contributed by atoms with Crippen molar-refractivity contribution in [3.63, 3.8) is 0 Å². The number of nitrogens with zero attached hydrogens (tertiary/aromatic N) is 4. The van der Waals surface area contributed by atoms with Gasteiger partial charge in [-0.2, -0.15) is 0 Å². The molecule has 0 unspecified atom stereocenters. The van der Waals surface area contributed by atoms with Gasteiger partial charge in [-0.25, -0.2) is 0 Å². The highest BCUT2D eigenvalue weighted by Crippen LogP contribution is 2.34. The van der Waals surface area contributed by atoms with Crippen molar-refractivity contribution in [1.29, 1.82) is 0 Å². The third-order valence-corrected chi connectivity index (χ3v) is 5.85. The number of likely N-dealkylation sites (tertiary alicyclic amines) is 1. The highest BCUT2D eigenvalue weighted by Gasteiger charge is 2.30. The number of carbonyl (C=O) groups is 1. The summed E-state index contributed by atoms with van der Waals surface area (Å²) in [7, 11) is 4.07. The highest BCUT2D eigenvalue weighted by molar-refractivity contribution is 8.01. The number of carbonyl (C=O) groups excluding carboxylic acids is 1. The molecule has 2 aromatic rings. The number of benzene rings is 1. The van der Waals surface area contributed by atoms with E-state index >= 15 is 0 Å². The second-order valence-electron chi connectivity index (χ2n) is 5.73. The fraction of sp³-hybridized carbons (Fsp3) is 0.438. The van der Waals surface area contributed by atoms with Crippen molar-refractivity contribution >= 4 is 34.7 Å². The lowest BCUT2D eigenvalue weighted by Gasteiger charge is -2.26. The molecule has 1 aliphatic heterocycles. The second-order valence-corrected chi connectivity index (χ2v) is 7.78. The first-order valence-electron chi connectivity index (χ1n) is 7.61. The van der Waals surface area contributed by atoms with Crippen molar-refractivity contribution in [2.24, 2.45) is 0 Å². The Kier molecular flexibility index (Phi) is 5.17. The van der Waals surface area contributed by atoms with Crippen LogP contribution in [0.3, 0.4) is 0 Å². The Hall–Kier alpha value is -1.60. The smallest absolute Gasteiger partial charge is 0.233 e. The third kappa shape index (κ3) is 3.84. The molecule has 0 bridgehead atoms.